The lowest BCUT2D eigenvalue weighted by Gasteiger charge is -2.19. The SMILES string of the molecule is CN(C(=O)c1ccncc1F)c1ccc(C(=O)O)cc1N. The Balaban J connectivity index is 2.36. The molecule has 0 radical (unpaired) electrons. The van der Waals surface area contributed by atoms with E-state index in [1.807, 2.05) is 0 Å². The van der Waals surface area contributed by atoms with Gasteiger partial charge in [-0.25, -0.2) is 9.18 Å². The van der Waals surface area contributed by atoms with Crippen molar-refractivity contribution in [3.05, 3.63) is 53.6 Å². The highest BCUT2D eigenvalue weighted by Gasteiger charge is 2.19. The summed E-state index contributed by atoms with van der Waals surface area (Å²) in [6.45, 7) is 0. The first-order valence-corrected chi connectivity index (χ1v) is 5.92. The fourth-order valence-electron chi connectivity index (χ4n) is 1.83. The first kappa shape index (κ1) is 14.4. The lowest BCUT2D eigenvalue weighted by atomic mass is 10.1. The zero-order chi connectivity index (χ0) is 15.6. The molecule has 21 heavy (non-hydrogen) atoms. The maximum absolute atomic E-state index is 13.6. The number of nitrogens with zero attached hydrogens (tertiary/aromatic N) is 2. The largest absolute Gasteiger partial charge is 0.478 e. The molecule has 1 heterocycles. The van der Waals surface area contributed by atoms with Crippen molar-refractivity contribution in [1.29, 1.82) is 0 Å². The smallest absolute Gasteiger partial charge is 0.335 e. The number of carbonyl (C=O) groups is 2. The molecule has 108 valence electrons. The van der Waals surface area contributed by atoms with Crippen molar-refractivity contribution in [2.24, 2.45) is 0 Å². The summed E-state index contributed by atoms with van der Waals surface area (Å²) in [6.07, 6.45) is 2.25. The quantitative estimate of drug-likeness (QED) is 0.839. The summed E-state index contributed by atoms with van der Waals surface area (Å²) in [5.74, 6) is -2.47. The van der Waals surface area contributed by atoms with Gasteiger partial charge in [0, 0.05) is 13.2 Å². The standard InChI is InChI=1S/C14H12FN3O3/c1-18(13(19)9-4-5-17-7-10(9)15)12-3-2-8(14(20)21)6-11(12)16/h2-7H,16H2,1H3,(H,20,21). The van der Waals surface area contributed by atoms with Crippen molar-refractivity contribution in [3.63, 3.8) is 0 Å². The number of halogens is 1. The second-order valence-corrected chi connectivity index (χ2v) is 4.30. The van der Waals surface area contributed by atoms with Gasteiger partial charge in [-0.2, -0.15) is 0 Å². The van der Waals surface area contributed by atoms with Crippen LogP contribution in [0.5, 0.6) is 0 Å². The zero-order valence-corrected chi connectivity index (χ0v) is 11.1. The number of anilines is 2. The van der Waals surface area contributed by atoms with Crippen molar-refractivity contribution in [2.75, 3.05) is 17.7 Å². The van der Waals surface area contributed by atoms with Crippen LogP contribution >= 0.6 is 0 Å². The highest BCUT2D eigenvalue weighted by atomic mass is 19.1. The zero-order valence-electron chi connectivity index (χ0n) is 11.1. The summed E-state index contributed by atoms with van der Waals surface area (Å²) in [5, 5.41) is 8.87. The van der Waals surface area contributed by atoms with Gasteiger partial charge in [0.25, 0.3) is 5.91 Å². The van der Waals surface area contributed by atoms with Crippen LogP contribution in [0.4, 0.5) is 15.8 Å². The molecule has 6 nitrogen and oxygen atoms in total. The van der Waals surface area contributed by atoms with Gasteiger partial charge in [0.2, 0.25) is 0 Å². The summed E-state index contributed by atoms with van der Waals surface area (Å²) in [6, 6.07) is 5.22. The van der Waals surface area contributed by atoms with E-state index in [1.165, 1.54) is 37.5 Å². The molecule has 2 aromatic rings. The minimum absolute atomic E-state index is 0.00666. The molecule has 3 N–H and O–H groups in total. The average molecular weight is 289 g/mol. The van der Waals surface area contributed by atoms with Crippen molar-refractivity contribution >= 4 is 23.3 Å². The third-order valence-electron chi connectivity index (χ3n) is 2.94. The maximum atomic E-state index is 13.6. The molecule has 0 spiro atoms. The lowest BCUT2D eigenvalue weighted by Crippen LogP contribution is -2.28. The van der Waals surface area contributed by atoms with Gasteiger partial charge in [-0.3, -0.25) is 9.78 Å². The van der Waals surface area contributed by atoms with E-state index in [0.717, 1.165) is 11.1 Å². The molecule has 0 aliphatic carbocycles. The Bertz CT molecular complexity index is 718. The number of carbonyl (C=O) groups excluding carboxylic acids is 1. The Labute approximate surface area is 119 Å². The second kappa shape index (κ2) is 5.58. The van der Waals surface area contributed by atoms with E-state index in [2.05, 4.69) is 4.98 Å². The molecular formula is C14H12FN3O3. The molecule has 0 unspecified atom stereocenters. The van der Waals surface area contributed by atoms with Crippen LogP contribution in [0.1, 0.15) is 20.7 Å². The van der Waals surface area contributed by atoms with Gasteiger partial charge in [-0.05, 0) is 24.3 Å². The number of amides is 1. The van der Waals surface area contributed by atoms with Gasteiger partial charge in [0.15, 0.2) is 5.82 Å². The molecule has 0 saturated heterocycles. The number of carboxylic acid groups (broad SMARTS) is 1. The molecule has 1 aromatic heterocycles. The van der Waals surface area contributed by atoms with Crippen LogP contribution in [0.15, 0.2) is 36.7 Å². The van der Waals surface area contributed by atoms with E-state index >= 15 is 0 Å². The molecule has 0 atom stereocenters. The Morgan fingerprint density at radius 1 is 1.33 bits per heavy atom. The monoisotopic (exact) mass is 289 g/mol. The highest BCUT2D eigenvalue weighted by Crippen LogP contribution is 2.25. The number of aromatic carboxylic acids is 1. The summed E-state index contributed by atoms with van der Waals surface area (Å²) < 4.78 is 13.6. The Kier molecular flexibility index (Phi) is 3.84. The van der Waals surface area contributed by atoms with Crippen LogP contribution in [0, 0.1) is 5.82 Å². The van der Waals surface area contributed by atoms with Gasteiger partial charge in [0.05, 0.1) is 28.7 Å². The number of nitrogen functional groups attached to an aromatic ring is 1. The number of aromatic nitrogens is 1. The fourth-order valence-corrected chi connectivity index (χ4v) is 1.83. The average Bonchev–Trinajstić information content (AvgIpc) is 2.46. The highest BCUT2D eigenvalue weighted by molar-refractivity contribution is 6.07. The number of benzene rings is 1. The van der Waals surface area contributed by atoms with Gasteiger partial charge in [0.1, 0.15) is 0 Å². The molecule has 0 aliphatic heterocycles. The van der Waals surface area contributed by atoms with Gasteiger partial charge >= 0.3 is 5.97 Å². The minimum atomic E-state index is -1.12. The molecule has 0 saturated carbocycles. The molecule has 7 heteroatoms. The Hall–Kier alpha value is -2.96. The molecular weight excluding hydrogens is 277 g/mol. The van der Waals surface area contributed by atoms with Crippen LogP contribution in [0.25, 0.3) is 0 Å². The van der Waals surface area contributed by atoms with E-state index in [9.17, 15) is 14.0 Å². The van der Waals surface area contributed by atoms with Gasteiger partial charge in [-0.15, -0.1) is 0 Å². The number of hydrogen-bond donors (Lipinski definition) is 2. The second-order valence-electron chi connectivity index (χ2n) is 4.30. The predicted octanol–water partition coefficient (Wildman–Crippen LogP) is 1.78. The molecule has 0 fully saturated rings. The summed E-state index contributed by atoms with van der Waals surface area (Å²) >= 11 is 0. The topological polar surface area (TPSA) is 96.5 Å². The normalized spacial score (nSPS) is 10.2. The number of hydrogen-bond acceptors (Lipinski definition) is 4. The minimum Gasteiger partial charge on any atom is -0.478 e. The van der Waals surface area contributed by atoms with E-state index in [-0.39, 0.29) is 16.8 Å². The summed E-state index contributed by atoms with van der Waals surface area (Å²) in [7, 11) is 1.42. The van der Waals surface area contributed by atoms with Crippen molar-refractivity contribution < 1.29 is 19.1 Å². The van der Waals surface area contributed by atoms with Gasteiger partial charge < -0.3 is 15.7 Å². The van der Waals surface area contributed by atoms with E-state index in [1.54, 1.807) is 0 Å². The molecule has 0 bridgehead atoms. The van der Waals surface area contributed by atoms with Crippen LogP contribution < -0.4 is 10.6 Å². The Morgan fingerprint density at radius 2 is 2.05 bits per heavy atom. The van der Waals surface area contributed by atoms with Crippen LogP contribution in [0.2, 0.25) is 0 Å². The molecule has 1 amide bonds. The van der Waals surface area contributed by atoms with Crippen molar-refractivity contribution in [2.45, 2.75) is 0 Å². The van der Waals surface area contributed by atoms with Crippen LogP contribution in [-0.2, 0) is 0 Å². The fraction of sp³-hybridized carbons (Fsp3) is 0.0714. The first-order chi connectivity index (χ1) is 9.91. The van der Waals surface area contributed by atoms with Crippen molar-refractivity contribution in [3.8, 4) is 0 Å². The van der Waals surface area contributed by atoms with Crippen LogP contribution in [-0.4, -0.2) is 29.0 Å². The Morgan fingerprint density at radius 3 is 2.62 bits per heavy atom. The number of pyridine rings is 1. The number of nitrogens with two attached hydrogens (primary N) is 1. The number of carboxylic acids is 1. The maximum Gasteiger partial charge on any atom is 0.335 e. The van der Waals surface area contributed by atoms with E-state index < -0.39 is 17.7 Å². The van der Waals surface area contributed by atoms with Gasteiger partial charge in [-0.1, -0.05) is 0 Å². The predicted molar refractivity (Wildman–Crippen MR) is 74.7 cm³/mol. The van der Waals surface area contributed by atoms with Crippen molar-refractivity contribution in [1.82, 2.24) is 4.98 Å². The van der Waals surface area contributed by atoms with Crippen LogP contribution in [0.3, 0.4) is 0 Å². The van der Waals surface area contributed by atoms with E-state index in [4.69, 9.17) is 10.8 Å². The third kappa shape index (κ3) is 2.81. The molecule has 0 aliphatic rings. The summed E-state index contributed by atoms with van der Waals surface area (Å²) in [5.41, 5.74) is 6.02. The molecule has 1 aromatic carbocycles. The molecule has 2 rings (SSSR count). The number of rotatable bonds is 3. The van der Waals surface area contributed by atoms with E-state index in [0.29, 0.717) is 5.69 Å². The third-order valence-corrected chi connectivity index (χ3v) is 2.94. The lowest BCUT2D eigenvalue weighted by molar-refractivity contribution is 0.0696. The first-order valence-electron chi connectivity index (χ1n) is 5.92. The summed E-state index contributed by atoms with van der Waals surface area (Å²) in [4.78, 5) is 27.8.